The van der Waals surface area contributed by atoms with Gasteiger partial charge in [-0.25, -0.2) is 27.9 Å². The van der Waals surface area contributed by atoms with Crippen LogP contribution in [0.5, 0.6) is 5.75 Å². The second kappa shape index (κ2) is 8.11. The van der Waals surface area contributed by atoms with Crippen LogP contribution in [0.2, 0.25) is 0 Å². The fourth-order valence-electron chi connectivity index (χ4n) is 2.46. The average molecular weight is 411 g/mol. The summed E-state index contributed by atoms with van der Waals surface area (Å²) < 4.78 is 27.2. The summed E-state index contributed by atoms with van der Waals surface area (Å²) in [5.41, 5.74) is 1.73. The van der Waals surface area contributed by atoms with E-state index in [1.807, 2.05) is 0 Å². The Labute approximate surface area is 167 Å². The first kappa shape index (κ1) is 20.0. The minimum Gasteiger partial charge on any atom is -0.507 e. The van der Waals surface area contributed by atoms with E-state index < -0.39 is 16.0 Å². The number of benzene rings is 2. The van der Waals surface area contributed by atoms with E-state index in [1.165, 1.54) is 30.5 Å². The van der Waals surface area contributed by atoms with Crippen LogP contribution in [0.1, 0.15) is 27.2 Å². The van der Waals surface area contributed by atoms with Crippen LogP contribution >= 0.6 is 0 Å². The van der Waals surface area contributed by atoms with Gasteiger partial charge >= 0.3 is 5.97 Å². The number of phenols is 1. The molecule has 1 aromatic heterocycles. The Bertz CT molecular complexity index is 1190. The zero-order valence-corrected chi connectivity index (χ0v) is 16.1. The number of sulfonamides is 1. The van der Waals surface area contributed by atoms with Gasteiger partial charge in [0, 0.05) is 11.9 Å². The number of nitrogens with zero attached hydrogens (tertiary/aromatic N) is 2. The minimum atomic E-state index is -3.83. The Morgan fingerprint density at radius 2 is 1.69 bits per heavy atom. The number of aryl methyl sites for hydroxylation is 1. The van der Waals surface area contributed by atoms with Crippen LogP contribution in [0.4, 0.5) is 5.95 Å². The topological polar surface area (TPSA) is 129 Å². The number of carboxylic acids is 1. The lowest BCUT2D eigenvalue weighted by Gasteiger charge is -2.07. The molecule has 0 spiro atoms. The number of carboxylic acid groups (broad SMARTS) is 1. The fourth-order valence-corrected chi connectivity index (χ4v) is 3.41. The van der Waals surface area contributed by atoms with E-state index in [-0.39, 0.29) is 22.2 Å². The summed E-state index contributed by atoms with van der Waals surface area (Å²) in [7, 11) is -3.83. The summed E-state index contributed by atoms with van der Waals surface area (Å²) in [4.78, 5) is 19.0. The number of aromatic nitrogens is 2. The lowest BCUT2D eigenvalue weighted by atomic mass is 10.1. The van der Waals surface area contributed by atoms with Crippen molar-refractivity contribution in [3.8, 4) is 5.75 Å². The van der Waals surface area contributed by atoms with Crippen molar-refractivity contribution in [2.24, 2.45) is 0 Å². The standard InChI is InChI=1S/C20H17N3O5S/c1-13-10-11-21-20(22-13)23-29(27,28)16-7-4-14(5-8-16)2-3-15-6-9-18(24)17(12-15)19(25)26/h2-12,24H,1H3,(H,25,26)(H,21,22,23). The molecular weight excluding hydrogens is 394 g/mol. The molecule has 0 amide bonds. The third-order valence-corrected chi connectivity index (χ3v) is 5.27. The monoisotopic (exact) mass is 411 g/mol. The molecule has 8 nitrogen and oxygen atoms in total. The van der Waals surface area contributed by atoms with Gasteiger partial charge in [0.2, 0.25) is 5.95 Å². The van der Waals surface area contributed by atoms with Crippen LogP contribution in [0.25, 0.3) is 12.2 Å². The molecule has 0 unspecified atom stereocenters. The molecule has 0 radical (unpaired) electrons. The molecule has 0 fully saturated rings. The number of rotatable bonds is 6. The van der Waals surface area contributed by atoms with Crippen LogP contribution in [0.3, 0.4) is 0 Å². The molecule has 0 bridgehead atoms. The molecule has 148 valence electrons. The van der Waals surface area contributed by atoms with Gasteiger partial charge in [0.25, 0.3) is 10.0 Å². The predicted molar refractivity (Wildman–Crippen MR) is 108 cm³/mol. The quantitative estimate of drug-likeness (QED) is 0.531. The molecule has 0 aliphatic carbocycles. The summed E-state index contributed by atoms with van der Waals surface area (Å²) in [6, 6.07) is 12.0. The van der Waals surface area contributed by atoms with E-state index in [0.717, 1.165) is 0 Å². The van der Waals surface area contributed by atoms with Gasteiger partial charge < -0.3 is 10.2 Å². The van der Waals surface area contributed by atoms with Crippen molar-refractivity contribution in [2.45, 2.75) is 11.8 Å². The van der Waals surface area contributed by atoms with Crippen LogP contribution in [0.15, 0.2) is 59.6 Å². The second-order valence-electron chi connectivity index (χ2n) is 6.11. The number of aromatic hydroxyl groups is 1. The highest BCUT2D eigenvalue weighted by Gasteiger charge is 2.15. The molecule has 0 saturated carbocycles. The Balaban J connectivity index is 1.77. The first-order valence-electron chi connectivity index (χ1n) is 8.41. The molecular formula is C20H17N3O5S. The minimum absolute atomic E-state index is 0.00413. The van der Waals surface area contributed by atoms with Crippen molar-refractivity contribution in [1.29, 1.82) is 0 Å². The second-order valence-corrected chi connectivity index (χ2v) is 7.79. The summed E-state index contributed by atoms with van der Waals surface area (Å²) in [6.07, 6.45) is 4.83. The number of anilines is 1. The van der Waals surface area contributed by atoms with Gasteiger partial charge in [0.1, 0.15) is 11.3 Å². The summed E-state index contributed by atoms with van der Waals surface area (Å²) in [6.45, 7) is 1.73. The zero-order valence-electron chi connectivity index (χ0n) is 15.3. The molecule has 0 aliphatic rings. The molecule has 3 N–H and O–H groups in total. The molecule has 0 atom stereocenters. The van der Waals surface area contributed by atoms with Gasteiger partial charge in [-0.15, -0.1) is 0 Å². The van der Waals surface area contributed by atoms with Crippen molar-refractivity contribution >= 4 is 34.1 Å². The van der Waals surface area contributed by atoms with Crippen LogP contribution in [0, 0.1) is 6.92 Å². The van der Waals surface area contributed by atoms with Crippen molar-refractivity contribution in [1.82, 2.24) is 9.97 Å². The largest absolute Gasteiger partial charge is 0.507 e. The number of hydrogen-bond acceptors (Lipinski definition) is 6. The lowest BCUT2D eigenvalue weighted by molar-refractivity contribution is 0.0693. The van der Waals surface area contributed by atoms with Gasteiger partial charge in [0.05, 0.1) is 4.90 Å². The molecule has 29 heavy (non-hydrogen) atoms. The average Bonchev–Trinajstić information content (AvgIpc) is 2.67. The van der Waals surface area contributed by atoms with E-state index in [1.54, 1.807) is 43.3 Å². The van der Waals surface area contributed by atoms with Crippen molar-refractivity contribution < 1.29 is 23.4 Å². The Kier molecular flexibility index (Phi) is 5.60. The number of hydrogen-bond donors (Lipinski definition) is 3. The third-order valence-electron chi connectivity index (χ3n) is 3.93. The summed E-state index contributed by atoms with van der Waals surface area (Å²) in [5.74, 6) is -1.54. The van der Waals surface area contributed by atoms with E-state index in [9.17, 15) is 18.3 Å². The van der Waals surface area contributed by atoms with Crippen LogP contribution in [-0.4, -0.2) is 34.6 Å². The van der Waals surface area contributed by atoms with E-state index >= 15 is 0 Å². The highest BCUT2D eigenvalue weighted by Crippen LogP contribution is 2.20. The lowest BCUT2D eigenvalue weighted by Crippen LogP contribution is -2.15. The predicted octanol–water partition coefficient (Wildman–Crippen LogP) is 3.16. The molecule has 2 aromatic carbocycles. The van der Waals surface area contributed by atoms with Gasteiger partial charge in [-0.3, -0.25) is 0 Å². The Hall–Kier alpha value is -3.72. The van der Waals surface area contributed by atoms with Crippen molar-refractivity contribution in [2.75, 3.05) is 4.72 Å². The van der Waals surface area contributed by atoms with Gasteiger partial charge in [-0.2, -0.15) is 0 Å². The molecule has 0 saturated heterocycles. The smallest absolute Gasteiger partial charge is 0.339 e. The molecule has 9 heteroatoms. The van der Waals surface area contributed by atoms with Crippen LogP contribution in [-0.2, 0) is 10.0 Å². The maximum atomic E-state index is 12.4. The van der Waals surface area contributed by atoms with Gasteiger partial charge in [0.15, 0.2) is 0 Å². The molecule has 0 aliphatic heterocycles. The normalized spacial score (nSPS) is 11.5. The molecule has 3 aromatic rings. The highest BCUT2D eigenvalue weighted by atomic mass is 32.2. The third kappa shape index (κ3) is 4.96. The van der Waals surface area contributed by atoms with Gasteiger partial charge in [-0.05, 0) is 48.4 Å². The van der Waals surface area contributed by atoms with Gasteiger partial charge in [-0.1, -0.05) is 30.4 Å². The Morgan fingerprint density at radius 1 is 1.03 bits per heavy atom. The number of carbonyl (C=O) groups is 1. The summed E-state index contributed by atoms with van der Waals surface area (Å²) in [5, 5.41) is 18.6. The van der Waals surface area contributed by atoms with E-state index in [2.05, 4.69) is 14.7 Å². The molecule has 3 rings (SSSR count). The van der Waals surface area contributed by atoms with Crippen LogP contribution < -0.4 is 4.72 Å². The van der Waals surface area contributed by atoms with E-state index in [0.29, 0.717) is 16.8 Å². The maximum Gasteiger partial charge on any atom is 0.339 e. The first-order valence-corrected chi connectivity index (χ1v) is 9.90. The van der Waals surface area contributed by atoms with Crippen molar-refractivity contribution in [3.63, 3.8) is 0 Å². The number of aromatic carboxylic acids is 1. The van der Waals surface area contributed by atoms with E-state index in [4.69, 9.17) is 5.11 Å². The fraction of sp³-hybridized carbons (Fsp3) is 0.0500. The summed E-state index contributed by atoms with van der Waals surface area (Å²) >= 11 is 0. The van der Waals surface area contributed by atoms with Crippen molar-refractivity contribution in [3.05, 3.63) is 77.1 Å². The zero-order chi connectivity index (χ0) is 21.0. The maximum absolute atomic E-state index is 12.4. The Morgan fingerprint density at radius 3 is 2.34 bits per heavy atom. The highest BCUT2D eigenvalue weighted by molar-refractivity contribution is 7.92. The first-order chi connectivity index (χ1) is 13.7. The number of nitrogens with one attached hydrogen (secondary N) is 1. The SMILES string of the molecule is Cc1ccnc(NS(=O)(=O)c2ccc(C=Cc3ccc(O)c(C(=O)O)c3)cc2)n1. The molecule has 1 heterocycles.